The Bertz CT molecular complexity index is 636. The lowest BCUT2D eigenvalue weighted by molar-refractivity contribution is -0.183. The number of amides is 1. The SMILES string of the molecule is COc1cc(C(=O)NCC(N2CCNCC2)C(F)(F)F)ccc1OC(F)F. The monoisotopic (exact) mass is 397 g/mol. The predicted octanol–water partition coefficient (Wildman–Crippen LogP) is 1.86. The van der Waals surface area contributed by atoms with Gasteiger partial charge in [0.1, 0.15) is 6.04 Å². The first-order chi connectivity index (χ1) is 12.7. The summed E-state index contributed by atoms with van der Waals surface area (Å²) in [7, 11) is 1.19. The lowest BCUT2D eigenvalue weighted by Gasteiger charge is -2.35. The van der Waals surface area contributed by atoms with E-state index < -0.39 is 31.3 Å². The smallest absolute Gasteiger partial charge is 0.405 e. The molecule has 1 saturated heterocycles. The molecule has 1 aromatic carbocycles. The van der Waals surface area contributed by atoms with E-state index in [2.05, 4.69) is 15.4 Å². The molecule has 152 valence electrons. The standard InChI is InChI=1S/C16H20F5N3O3/c1-26-12-8-10(2-3-11(12)27-15(17)18)14(25)23-9-13(16(19,20)21)24-6-4-22-5-7-24/h2-3,8,13,15,22H,4-7,9H2,1H3,(H,23,25). The predicted molar refractivity (Wildman–Crippen MR) is 86.2 cm³/mol. The van der Waals surface area contributed by atoms with Crippen LogP contribution < -0.4 is 20.1 Å². The van der Waals surface area contributed by atoms with Crippen LogP contribution in [0.2, 0.25) is 0 Å². The maximum atomic E-state index is 13.3. The fourth-order valence-electron chi connectivity index (χ4n) is 2.74. The number of methoxy groups -OCH3 is 1. The Labute approximate surface area is 152 Å². The Kier molecular flexibility index (Phi) is 7.19. The second kappa shape index (κ2) is 9.18. The van der Waals surface area contributed by atoms with Gasteiger partial charge in [0.2, 0.25) is 0 Å². The molecule has 6 nitrogen and oxygen atoms in total. The molecule has 1 aromatic rings. The van der Waals surface area contributed by atoms with Gasteiger partial charge >= 0.3 is 12.8 Å². The minimum absolute atomic E-state index is 0.0327. The van der Waals surface area contributed by atoms with Gasteiger partial charge in [-0.05, 0) is 18.2 Å². The van der Waals surface area contributed by atoms with Crippen LogP contribution in [0.4, 0.5) is 22.0 Å². The van der Waals surface area contributed by atoms with Gasteiger partial charge in [0.15, 0.2) is 11.5 Å². The van der Waals surface area contributed by atoms with Crippen molar-refractivity contribution in [1.29, 1.82) is 0 Å². The number of alkyl halides is 5. The quantitative estimate of drug-likeness (QED) is 0.688. The van der Waals surface area contributed by atoms with Crippen LogP contribution in [0.1, 0.15) is 10.4 Å². The molecular formula is C16H20F5N3O3. The summed E-state index contributed by atoms with van der Waals surface area (Å²) in [4.78, 5) is 13.5. The van der Waals surface area contributed by atoms with Gasteiger partial charge in [-0.2, -0.15) is 22.0 Å². The highest BCUT2D eigenvalue weighted by Crippen LogP contribution is 2.29. The average Bonchev–Trinajstić information content (AvgIpc) is 2.61. The van der Waals surface area contributed by atoms with Crippen molar-refractivity contribution in [2.75, 3.05) is 39.8 Å². The van der Waals surface area contributed by atoms with Gasteiger partial charge in [-0.15, -0.1) is 0 Å². The largest absolute Gasteiger partial charge is 0.493 e. The van der Waals surface area contributed by atoms with E-state index in [0.29, 0.717) is 13.1 Å². The Morgan fingerprint density at radius 2 is 1.93 bits per heavy atom. The lowest BCUT2D eigenvalue weighted by Crippen LogP contribution is -2.57. The van der Waals surface area contributed by atoms with Crippen LogP contribution in [0.5, 0.6) is 11.5 Å². The first-order valence-electron chi connectivity index (χ1n) is 8.15. The van der Waals surface area contributed by atoms with Crippen molar-refractivity contribution in [3.63, 3.8) is 0 Å². The first kappa shape index (κ1) is 21.2. The van der Waals surface area contributed by atoms with Crippen LogP contribution in [0.25, 0.3) is 0 Å². The number of hydrogen-bond donors (Lipinski definition) is 2. The van der Waals surface area contributed by atoms with Gasteiger partial charge in [0.25, 0.3) is 5.91 Å². The maximum absolute atomic E-state index is 13.3. The highest BCUT2D eigenvalue weighted by Gasteiger charge is 2.43. The maximum Gasteiger partial charge on any atom is 0.405 e. The molecule has 11 heteroatoms. The van der Waals surface area contributed by atoms with Crippen molar-refractivity contribution in [1.82, 2.24) is 15.5 Å². The zero-order valence-corrected chi connectivity index (χ0v) is 14.5. The van der Waals surface area contributed by atoms with Gasteiger partial charge in [0, 0.05) is 38.3 Å². The van der Waals surface area contributed by atoms with Crippen molar-refractivity contribution >= 4 is 5.91 Å². The van der Waals surface area contributed by atoms with Crippen LogP contribution in [0, 0.1) is 0 Å². The first-order valence-corrected chi connectivity index (χ1v) is 8.15. The Hall–Kier alpha value is -2.14. The van der Waals surface area contributed by atoms with E-state index in [9.17, 15) is 26.7 Å². The summed E-state index contributed by atoms with van der Waals surface area (Å²) in [5.74, 6) is -1.18. The average molecular weight is 397 g/mol. The third-order valence-electron chi connectivity index (χ3n) is 4.07. The number of ether oxygens (including phenoxy) is 2. The van der Waals surface area contributed by atoms with E-state index in [1.165, 1.54) is 18.1 Å². The molecule has 1 aliphatic heterocycles. The Morgan fingerprint density at radius 3 is 2.48 bits per heavy atom. The third kappa shape index (κ3) is 5.93. The highest BCUT2D eigenvalue weighted by atomic mass is 19.4. The fraction of sp³-hybridized carbons (Fsp3) is 0.562. The van der Waals surface area contributed by atoms with Gasteiger partial charge in [-0.1, -0.05) is 0 Å². The molecule has 0 aromatic heterocycles. The second-order valence-electron chi connectivity index (χ2n) is 5.80. The zero-order valence-electron chi connectivity index (χ0n) is 14.5. The second-order valence-corrected chi connectivity index (χ2v) is 5.80. The zero-order chi connectivity index (χ0) is 20.0. The molecule has 2 rings (SSSR count). The molecule has 1 heterocycles. The molecular weight excluding hydrogens is 377 g/mol. The van der Waals surface area contributed by atoms with Crippen molar-refractivity contribution in [3.8, 4) is 11.5 Å². The molecule has 2 N–H and O–H groups in total. The van der Waals surface area contributed by atoms with E-state index in [0.717, 1.165) is 12.1 Å². The van der Waals surface area contributed by atoms with E-state index in [1.807, 2.05) is 0 Å². The number of rotatable bonds is 7. The Morgan fingerprint density at radius 1 is 1.26 bits per heavy atom. The molecule has 1 amide bonds. The van der Waals surface area contributed by atoms with Crippen molar-refractivity contribution in [2.24, 2.45) is 0 Å². The minimum atomic E-state index is -4.50. The fourth-order valence-corrected chi connectivity index (χ4v) is 2.74. The molecule has 0 spiro atoms. The van der Waals surface area contributed by atoms with Gasteiger partial charge < -0.3 is 20.1 Å². The molecule has 0 radical (unpaired) electrons. The molecule has 1 fully saturated rings. The number of halogens is 5. The van der Waals surface area contributed by atoms with Crippen molar-refractivity contribution in [2.45, 2.75) is 18.8 Å². The lowest BCUT2D eigenvalue weighted by atomic mass is 10.1. The normalized spacial score (nSPS) is 16.9. The number of carbonyl (C=O) groups excluding carboxylic acids is 1. The van der Waals surface area contributed by atoms with Crippen molar-refractivity contribution in [3.05, 3.63) is 23.8 Å². The van der Waals surface area contributed by atoms with Crippen LogP contribution in [-0.2, 0) is 0 Å². The van der Waals surface area contributed by atoms with E-state index in [4.69, 9.17) is 4.74 Å². The van der Waals surface area contributed by atoms with Crippen LogP contribution in [0.3, 0.4) is 0 Å². The minimum Gasteiger partial charge on any atom is -0.493 e. The van der Waals surface area contributed by atoms with Gasteiger partial charge in [0.05, 0.1) is 7.11 Å². The number of benzene rings is 1. The summed E-state index contributed by atoms with van der Waals surface area (Å²) in [5.41, 5.74) is -0.0327. The van der Waals surface area contributed by atoms with Gasteiger partial charge in [-0.3, -0.25) is 9.69 Å². The summed E-state index contributed by atoms with van der Waals surface area (Å²) < 4.78 is 73.8. The summed E-state index contributed by atoms with van der Waals surface area (Å²) in [6, 6.07) is 1.58. The molecule has 27 heavy (non-hydrogen) atoms. The topological polar surface area (TPSA) is 62.8 Å². The van der Waals surface area contributed by atoms with Crippen LogP contribution in [-0.4, -0.2) is 69.5 Å². The molecule has 1 unspecified atom stereocenters. The number of hydrogen-bond acceptors (Lipinski definition) is 5. The molecule has 0 bridgehead atoms. The number of carbonyl (C=O) groups is 1. The van der Waals surface area contributed by atoms with Gasteiger partial charge in [-0.25, -0.2) is 0 Å². The molecule has 0 aliphatic carbocycles. The molecule has 1 aliphatic rings. The number of nitrogens with one attached hydrogen (secondary N) is 2. The summed E-state index contributed by atoms with van der Waals surface area (Å²) >= 11 is 0. The van der Waals surface area contributed by atoms with E-state index in [-0.39, 0.29) is 30.2 Å². The number of piperazine rings is 1. The van der Waals surface area contributed by atoms with E-state index in [1.54, 1.807) is 0 Å². The van der Waals surface area contributed by atoms with E-state index >= 15 is 0 Å². The molecule has 0 saturated carbocycles. The highest BCUT2D eigenvalue weighted by molar-refractivity contribution is 5.94. The van der Waals surface area contributed by atoms with Crippen molar-refractivity contribution < 1.29 is 36.2 Å². The summed E-state index contributed by atoms with van der Waals surface area (Å²) in [6.07, 6.45) is -4.50. The molecule has 1 atom stereocenters. The third-order valence-corrected chi connectivity index (χ3v) is 4.07. The number of nitrogens with zero attached hydrogens (tertiary/aromatic N) is 1. The van der Waals surface area contributed by atoms with Crippen LogP contribution >= 0.6 is 0 Å². The Balaban J connectivity index is 2.06. The summed E-state index contributed by atoms with van der Waals surface area (Å²) in [6.45, 7) is -2.40. The summed E-state index contributed by atoms with van der Waals surface area (Å²) in [5, 5.41) is 5.22. The van der Waals surface area contributed by atoms with Crippen LogP contribution in [0.15, 0.2) is 18.2 Å².